The number of aromatic amines is 1. The first-order chi connectivity index (χ1) is 11.3. The van der Waals surface area contributed by atoms with Crippen LogP contribution >= 0.6 is 0 Å². The Labute approximate surface area is 139 Å². The van der Waals surface area contributed by atoms with E-state index in [4.69, 9.17) is 5.11 Å². The summed E-state index contributed by atoms with van der Waals surface area (Å²) in [7, 11) is 0. The zero-order valence-electron chi connectivity index (χ0n) is 13.8. The maximum absolute atomic E-state index is 12.5. The van der Waals surface area contributed by atoms with Crippen LogP contribution in [-0.4, -0.2) is 26.8 Å². The fourth-order valence-corrected chi connectivity index (χ4v) is 2.61. The van der Waals surface area contributed by atoms with Crippen molar-refractivity contribution in [3.05, 3.63) is 53.9 Å². The van der Waals surface area contributed by atoms with Crippen LogP contribution in [0.3, 0.4) is 0 Å². The van der Waals surface area contributed by atoms with Crippen molar-refractivity contribution in [2.24, 2.45) is 5.41 Å². The zero-order valence-corrected chi connectivity index (χ0v) is 13.8. The number of aromatic nitrogens is 2. The molecule has 0 unspecified atom stereocenters. The van der Waals surface area contributed by atoms with E-state index in [1.54, 1.807) is 30.5 Å². The summed E-state index contributed by atoms with van der Waals surface area (Å²) in [5, 5.41) is 9.96. The summed E-state index contributed by atoms with van der Waals surface area (Å²) in [5.41, 5.74) is 2.40. The summed E-state index contributed by atoms with van der Waals surface area (Å²) in [6, 6.07) is 10.2. The van der Waals surface area contributed by atoms with Gasteiger partial charge in [-0.05, 0) is 24.3 Å². The lowest BCUT2D eigenvalue weighted by molar-refractivity contribution is 0.0696. The van der Waals surface area contributed by atoms with Gasteiger partial charge >= 0.3 is 5.97 Å². The summed E-state index contributed by atoms with van der Waals surface area (Å²) in [5.74, 6) is -0.967. The standard InChI is InChI=1S/C19H18N2O3/c1-19(2,3)17(22)15-10-13-14(21-15)7-8-20-16(13)11-5-4-6-12(9-11)18(23)24/h4-10,21H,1-3H3,(H,23,24). The molecule has 2 N–H and O–H groups in total. The molecule has 5 nitrogen and oxygen atoms in total. The Morgan fingerprint density at radius 3 is 2.54 bits per heavy atom. The molecule has 0 fully saturated rings. The van der Waals surface area contributed by atoms with Crippen molar-refractivity contribution in [2.75, 3.05) is 0 Å². The summed E-state index contributed by atoms with van der Waals surface area (Å²) < 4.78 is 0. The Bertz CT molecular complexity index is 949. The van der Waals surface area contributed by atoms with Crippen molar-refractivity contribution in [1.29, 1.82) is 0 Å². The predicted molar refractivity (Wildman–Crippen MR) is 92.3 cm³/mol. The number of ketones is 1. The van der Waals surface area contributed by atoms with Crippen molar-refractivity contribution in [1.82, 2.24) is 9.97 Å². The third-order valence-electron chi connectivity index (χ3n) is 3.86. The van der Waals surface area contributed by atoms with E-state index in [9.17, 15) is 9.59 Å². The quantitative estimate of drug-likeness (QED) is 0.709. The molecule has 0 aliphatic heterocycles. The van der Waals surface area contributed by atoms with E-state index in [1.165, 1.54) is 6.07 Å². The van der Waals surface area contributed by atoms with E-state index >= 15 is 0 Å². The van der Waals surface area contributed by atoms with Crippen molar-refractivity contribution in [2.45, 2.75) is 20.8 Å². The Kier molecular flexibility index (Phi) is 3.72. The molecular weight excluding hydrogens is 304 g/mol. The van der Waals surface area contributed by atoms with Crippen molar-refractivity contribution < 1.29 is 14.7 Å². The number of fused-ring (bicyclic) bond motifs is 1. The molecule has 3 rings (SSSR count). The molecule has 1 aromatic carbocycles. The molecule has 0 aliphatic carbocycles. The first-order valence-corrected chi connectivity index (χ1v) is 7.63. The number of carboxylic acids is 1. The Morgan fingerprint density at radius 2 is 1.88 bits per heavy atom. The number of pyridine rings is 1. The van der Waals surface area contributed by atoms with Gasteiger partial charge in [-0.15, -0.1) is 0 Å². The normalized spacial score (nSPS) is 11.6. The van der Waals surface area contributed by atoms with Gasteiger partial charge in [-0.25, -0.2) is 4.79 Å². The molecule has 2 aromatic heterocycles. The molecule has 3 aromatic rings. The largest absolute Gasteiger partial charge is 0.478 e. The smallest absolute Gasteiger partial charge is 0.335 e. The minimum atomic E-state index is -0.985. The van der Waals surface area contributed by atoms with Crippen LogP contribution in [0.2, 0.25) is 0 Å². The minimum Gasteiger partial charge on any atom is -0.478 e. The molecule has 122 valence electrons. The first kappa shape index (κ1) is 15.9. The van der Waals surface area contributed by atoms with Gasteiger partial charge in [0, 0.05) is 28.1 Å². The van der Waals surface area contributed by atoms with Gasteiger partial charge < -0.3 is 10.1 Å². The fraction of sp³-hybridized carbons (Fsp3) is 0.211. The lowest BCUT2D eigenvalue weighted by Crippen LogP contribution is -2.20. The van der Waals surface area contributed by atoms with Gasteiger partial charge in [-0.2, -0.15) is 0 Å². The monoisotopic (exact) mass is 322 g/mol. The molecule has 0 saturated carbocycles. The van der Waals surface area contributed by atoms with E-state index in [0.717, 1.165) is 10.9 Å². The molecule has 0 bridgehead atoms. The van der Waals surface area contributed by atoms with E-state index in [0.29, 0.717) is 17.0 Å². The van der Waals surface area contributed by atoms with E-state index in [-0.39, 0.29) is 11.3 Å². The number of carboxylic acid groups (broad SMARTS) is 1. The highest BCUT2D eigenvalue weighted by molar-refractivity contribution is 6.05. The van der Waals surface area contributed by atoms with Gasteiger partial charge in [0.25, 0.3) is 0 Å². The Balaban J connectivity index is 2.16. The number of carbonyl (C=O) groups is 2. The van der Waals surface area contributed by atoms with Crippen LogP contribution in [0.15, 0.2) is 42.6 Å². The van der Waals surface area contributed by atoms with E-state index in [1.807, 2.05) is 26.8 Å². The number of hydrogen-bond acceptors (Lipinski definition) is 3. The molecule has 5 heteroatoms. The number of aromatic carboxylic acids is 1. The van der Waals surface area contributed by atoms with Crippen LogP contribution in [0.5, 0.6) is 0 Å². The van der Waals surface area contributed by atoms with Crippen LogP contribution in [0.1, 0.15) is 41.6 Å². The number of hydrogen-bond donors (Lipinski definition) is 2. The Hall–Kier alpha value is -2.95. The van der Waals surface area contributed by atoms with Gasteiger partial charge in [0.05, 0.1) is 17.0 Å². The molecule has 0 radical (unpaired) electrons. The number of benzene rings is 1. The number of nitrogens with zero attached hydrogens (tertiary/aromatic N) is 1. The van der Waals surface area contributed by atoms with Crippen molar-refractivity contribution in [3.63, 3.8) is 0 Å². The number of Topliss-reactive ketones (excluding diaryl/α,β-unsaturated/α-hetero) is 1. The molecule has 0 spiro atoms. The SMILES string of the molecule is CC(C)(C)C(=O)c1cc2c(-c3cccc(C(=O)O)c3)nccc2[nH]1. The van der Waals surface area contributed by atoms with Crippen LogP contribution in [-0.2, 0) is 0 Å². The van der Waals surface area contributed by atoms with Crippen LogP contribution in [0, 0.1) is 5.41 Å². The van der Waals surface area contributed by atoms with Crippen LogP contribution in [0.4, 0.5) is 0 Å². The number of rotatable bonds is 3. The second-order valence-electron chi connectivity index (χ2n) is 6.77. The lowest BCUT2D eigenvalue weighted by atomic mass is 9.89. The highest BCUT2D eigenvalue weighted by atomic mass is 16.4. The van der Waals surface area contributed by atoms with Gasteiger partial charge in [0.2, 0.25) is 0 Å². The third kappa shape index (κ3) is 2.80. The summed E-state index contributed by atoms with van der Waals surface area (Å²) >= 11 is 0. The topological polar surface area (TPSA) is 83.1 Å². The lowest BCUT2D eigenvalue weighted by Gasteiger charge is -2.14. The maximum Gasteiger partial charge on any atom is 0.335 e. The second-order valence-corrected chi connectivity index (χ2v) is 6.77. The van der Waals surface area contributed by atoms with Crippen molar-refractivity contribution >= 4 is 22.7 Å². The molecule has 0 saturated heterocycles. The average molecular weight is 322 g/mol. The highest BCUT2D eigenvalue weighted by Crippen LogP contribution is 2.30. The molecule has 2 heterocycles. The minimum absolute atomic E-state index is 0.0175. The van der Waals surface area contributed by atoms with Gasteiger partial charge in [0.1, 0.15) is 0 Å². The molecule has 0 amide bonds. The van der Waals surface area contributed by atoms with Gasteiger partial charge in [-0.3, -0.25) is 9.78 Å². The summed E-state index contributed by atoms with van der Waals surface area (Å²) in [6.45, 7) is 5.61. The Morgan fingerprint density at radius 1 is 1.12 bits per heavy atom. The molecule has 0 atom stereocenters. The highest BCUT2D eigenvalue weighted by Gasteiger charge is 2.25. The molecule has 0 aliphatic rings. The summed E-state index contributed by atoms with van der Waals surface area (Å²) in [6.07, 6.45) is 1.65. The average Bonchev–Trinajstić information content (AvgIpc) is 2.97. The van der Waals surface area contributed by atoms with E-state index in [2.05, 4.69) is 9.97 Å². The van der Waals surface area contributed by atoms with Gasteiger partial charge in [0.15, 0.2) is 5.78 Å². The first-order valence-electron chi connectivity index (χ1n) is 7.63. The van der Waals surface area contributed by atoms with Crippen LogP contribution < -0.4 is 0 Å². The van der Waals surface area contributed by atoms with Crippen LogP contribution in [0.25, 0.3) is 22.2 Å². The predicted octanol–water partition coefficient (Wildman–Crippen LogP) is 4.16. The zero-order chi connectivity index (χ0) is 17.5. The maximum atomic E-state index is 12.5. The molecular formula is C19H18N2O3. The number of nitrogens with one attached hydrogen (secondary N) is 1. The molecule has 24 heavy (non-hydrogen) atoms. The number of H-pyrrole nitrogens is 1. The summed E-state index contributed by atoms with van der Waals surface area (Å²) in [4.78, 5) is 31.2. The van der Waals surface area contributed by atoms with Crippen molar-refractivity contribution in [3.8, 4) is 11.3 Å². The third-order valence-corrected chi connectivity index (χ3v) is 3.86. The number of carbonyl (C=O) groups excluding carboxylic acids is 1. The second kappa shape index (κ2) is 5.60. The fourth-order valence-electron chi connectivity index (χ4n) is 2.61. The van der Waals surface area contributed by atoms with E-state index < -0.39 is 11.4 Å². The van der Waals surface area contributed by atoms with Gasteiger partial charge in [-0.1, -0.05) is 32.9 Å².